The highest BCUT2D eigenvalue weighted by Gasteiger charge is 2.28. The molecule has 0 atom stereocenters. The van der Waals surface area contributed by atoms with Crippen molar-refractivity contribution in [2.24, 2.45) is 0 Å². The lowest BCUT2D eigenvalue weighted by Crippen LogP contribution is -2.16. The number of alkyl halides is 1. The molecule has 280 valence electrons. The van der Waals surface area contributed by atoms with Crippen molar-refractivity contribution in [2.45, 2.75) is 32.1 Å². The summed E-state index contributed by atoms with van der Waals surface area (Å²) in [4.78, 5) is 11.6. The third-order valence-electron chi connectivity index (χ3n) is 5.98. The van der Waals surface area contributed by atoms with E-state index in [0.29, 0.717) is 85.9 Å². The minimum absolute atomic E-state index is 0.0863. The van der Waals surface area contributed by atoms with Crippen molar-refractivity contribution in [2.75, 3.05) is 123 Å². The van der Waals surface area contributed by atoms with E-state index in [9.17, 15) is 26.7 Å². The van der Waals surface area contributed by atoms with Crippen molar-refractivity contribution in [3.63, 3.8) is 0 Å². The highest BCUT2D eigenvalue weighted by Crippen LogP contribution is 2.29. The van der Waals surface area contributed by atoms with Crippen LogP contribution in [0.1, 0.15) is 32.1 Å². The van der Waals surface area contributed by atoms with Crippen LogP contribution in [0.15, 0.2) is 0 Å². The summed E-state index contributed by atoms with van der Waals surface area (Å²) in [5, 5.41) is 0. The van der Waals surface area contributed by atoms with Gasteiger partial charge in [-0.3, -0.25) is 4.79 Å². The van der Waals surface area contributed by atoms with E-state index in [0.717, 1.165) is 13.0 Å². The standard InChI is InChI=1S/C31H48F5IO11/c32-26-27(33)29(35)31(30(36)28(26)34)48-25(38)5-8-40-10-12-42-14-16-44-18-20-46-22-24-47-23-21-45-19-17-43-15-13-41-11-9-39-7-4-2-1-3-6-37/h1-24H2. The Hall–Kier alpha value is -1.29. The van der Waals surface area contributed by atoms with Gasteiger partial charge >= 0.3 is 5.97 Å². The number of rotatable bonds is 34. The smallest absolute Gasteiger partial charge is 0.313 e. The van der Waals surface area contributed by atoms with Gasteiger partial charge in [-0.15, -0.1) is 0 Å². The molecule has 0 bridgehead atoms. The van der Waals surface area contributed by atoms with Crippen LogP contribution in [0.2, 0.25) is 0 Å². The Labute approximate surface area is 292 Å². The van der Waals surface area contributed by atoms with Gasteiger partial charge in [0.15, 0.2) is 0 Å². The topological polar surface area (TPSA) is 109 Å². The van der Waals surface area contributed by atoms with Gasteiger partial charge in [0.05, 0.1) is 119 Å². The summed E-state index contributed by atoms with van der Waals surface area (Å²) < 4.78 is 120. The van der Waals surface area contributed by atoms with Gasteiger partial charge in [0, 0.05) is 6.61 Å². The fourth-order valence-corrected chi connectivity index (χ4v) is 4.05. The largest absolute Gasteiger partial charge is 0.420 e. The van der Waals surface area contributed by atoms with E-state index >= 15 is 0 Å². The van der Waals surface area contributed by atoms with Crippen LogP contribution >= 0.6 is 22.6 Å². The van der Waals surface area contributed by atoms with Gasteiger partial charge in [-0.05, 0) is 17.3 Å². The lowest BCUT2D eigenvalue weighted by Gasteiger charge is -2.09. The summed E-state index contributed by atoms with van der Waals surface area (Å²) >= 11 is 2.40. The number of ether oxygens (including phenoxy) is 10. The maximum Gasteiger partial charge on any atom is 0.313 e. The molecule has 0 saturated carbocycles. The van der Waals surface area contributed by atoms with E-state index in [1.54, 1.807) is 0 Å². The van der Waals surface area contributed by atoms with Gasteiger partial charge in [-0.2, -0.15) is 8.78 Å². The van der Waals surface area contributed by atoms with E-state index in [-0.39, 0.29) is 26.4 Å². The second kappa shape index (κ2) is 31.7. The van der Waals surface area contributed by atoms with Crippen molar-refractivity contribution >= 4 is 28.6 Å². The molecular weight excluding hydrogens is 770 g/mol. The Morgan fingerprint density at radius 1 is 0.396 bits per heavy atom. The Morgan fingerprint density at radius 3 is 1.04 bits per heavy atom. The number of benzene rings is 1. The maximum absolute atomic E-state index is 13.5. The van der Waals surface area contributed by atoms with Gasteiger partial charge in [-0.25, -0.2) is 13.2 Å². The lowest BCUT2D eigenvalue weighted by atomic mass is 10.2. The first-order valence-corrected chi connectivity index (χ1v) is 17.4. The zero-order valence-corrected chi connectivity index (χ0v) is 29.4. The molecule has 0 aliphatic rings. The quantitative estimate of drug-likeness (QED) is 0.0140. The first-order valence-electron chi connectivity index (χ1n) is 15.9. The summed E-state index contributed by atoms with van der Waals surface area (Å²) in [6.45, 7) is 7.12. The number of carbonyl (C=O) groups excluding carboxylic acids is 1. The van der Waals surface area contributed by atoms with E-state index < -0.39 is 47.2 Å². The van der Waals surface area contributed by atoms with E-state index in [1.807, 2.05) is 0 Å². The van der Waals surface area contributed by atoms with Crippen molar-refractivity contribution in [3.8, 4) is 5.75 Å². The molecule has 0 aliphatic heterocycles. The molecule has 0 fully saturated rings. The molecule has 1 aromatic carbocycles. The maximum atomic E-state index is 13.5. The predicted octanol–water partition coefficient (Wildman–Crippen LogP) is 4.82. The van der Waals surface area contributed by atoms with Crippen LogP contribution in [0.4, 0.5) is 22.0 Å². The summed E-state index contributed by atoms with van der Waals surface area (Å²) in [7, 11) is 0. The lowest BCUT2D eigenvalue weighted by molar-refractivity contribution is -0.136. The molecular formula is C31H48F5IO11. The minimum atomic E-state index is -2.35. The summed E-state index contributed by atoms with van der Waals surface area (Å²) in [6, 6.07) is 0. The molecule has 0 aromatic heterocycles. The van der Waals surface area contributed by atoms with E-state index in [1.165, 1.54) is 23.7 Å². The van der Waals surface area contributed by atoms with Crippen molar-refractivity contribution < 1.29 is 74.1 Å². The fourth-order valence-electron chi connectivity index (χ4n) is 3.51. The molecule has 0 heterocycles. The summed E-state index contributed by atoms with van der Waals surface area (Å²) in [5.41, 5.74) is 0. The second-order valence-electron chi connectivity index (χ2n) is 9.74. The first kappa shape index (κ1) is 44.7. The molecule has 0 aliphatic carbocycles. The van der Waals surface area contributed by atoms with Gasteiger partial charge < -0.3 is 47.4 Å². The number of halogens is 6. The zero-order chi connectivity index (χ0) is 35.1. The number of esters is 1. The monoisotopic (exact) mass is 818 g/mol. The van der Waals surface area contributed by atoms with Gasteiger partial charge in [0.25, 0.3) is 0 Å². The van der Waals surface area contributed by atoms with E-state index in [2.05, 4.69) is 27.3 Å². The predicted molar refractivity (Wildman–Crippen MR) is 171 cm³/mol. The molecule has 1 aromatic rings. The Balaban J connectivity index is 1.75. The van der Waals surface area contributed by atoms with Crippen molar-refractivity contribution in [3.05, 3.63) is 29.1 Å². The van der Waals surface area contributed by atoms with Crippen LogP contribution in [0.3, 0.4) is 0 Å². The average molecular weight is 819 g/mol. The SMILES string of the molecule is O=C(CCOCCOCCOCCOCCOCCOCCOCCOCCOCCCCCCI)Oc1c(F)c(F)c(F)c(F)c1F. The van der Waals surface area contributed by atoms with Gasteiger partial charge in [0.2, 0.25) is 34.8 Å². The number of hydrogen-bond donors (Lipinski definition) is 0. The van der Waals surface area contributed by atoms with Crippen molar-refractivity contribution in [1.29, 1.82) is 0 Å². The molecule has 0 saturated heterocycles. The summed E-state index contributed by atoms with van der Waals surface area (Å²) in [5.74, 6) is -14.1. The van der Waals surface area contributed by atoms with E-state index in [4.69, 9.17) is 42.6 Å². The molecule has 0 N–H and O–H groups in total. The fraction of sp³-hybridized carbons (Fsp3) is 0.774. The number of unbranched alkanes of at least 4 members (excludes halogenated alkanes) is 3. The van der Waals surface area contributed by atoms with Crippen molar-refractivity contribution in [1.82, 2.24) is 0 Å². The van der Waals surface area contributed by atoms with Crippen LogP contribution in [-0.4, -0.2) is 129 Å². The van der Waals surface area contributed by atoms with Crippen LogP contribution in [0.5, 0.6) is 5.75 Å². The number of carbonyl (C=O) groups is 1. The van der Waals surface area contributed by atoms with Crippen LogP contribution in [0, 0.1) is 29.1 Å². The average Bonchev–Trinajstić information content (AvgIpc) is 3.08. The molecule has 11 nitrogen and oxygen atoms in total. The minimum Gasteiger partial charge on any atom is -0.420 e. The molecule has 0 spiro atoms. The normalized spacial score (nSPS) is 11.5. The highest BCUT2D eigenvalue weighted by molar-refractivity contribution is 14.1. The Morgan fingerprint density at radius 2 is 0.688 bits per heavy atom. The zero-order valence-electron chi connectivity index (χ0n) is 27.2. The molecule has 0 unspecified atom stereocenters. The van der Waals surface area contributed by atoms with Gasteiger partial charge in [-0.1, -0.05) is 35.4 Å². The molecule has 17 heteroatoms. The second-order valence-corrected chi connectivity index (χ2v) is 10.8. The Bertz CT molecular complexity index is 924. The van der Waals surface area contributed by atoms with Gasteiger partial charge in [0.1, 0.15) is 0 Å². The summed E-state index contributed by atoms with van der Waals surface area (Å²) in [6.07, 6.45) is 4.39. The van der Waals surface area contributed by atoms with Crippen LogP contribution < -0.4 is 4.74 Å². The Kier molecular flexibility index (Phi) is 29.5. The third-order valence-corrected chi connectivity index (χ3v) is 6.75. The molecule has 0 radical (unpaired) electrons. The molecule has 1 rings (SSSR count). The molecule has 48 heavy (non-hydrogen) atoms. The van der Waals surface area contributed by atoms with Crippen LogP contribution in [-0.2, 0) is 47.4 Å². The first-order chi connectivity index (χ1) is 23.4. The number of hydrogen-bond acceptors (Lipinski definition) is 11. The van der Waals surface area contributed by atoms with Crippen LogP contribution in [0.25, 0.3) is 0 Å². The highest BCUT2D eigenvalue weighted by atomic mass is 127. The molecule has 0 amide bonds. The third kappa shape index (κ3) is 23.2.